The van der Waals surface area contributed by atoms with Crippen molar-refractivity contribution in [1.29, 1.82) is 0 Å². The summed E-state index contributed by atoms with van der Waals surface area (Å²) in [7, 11) is 1.83. The Morgan fingerprint density at radius 2 is 1.74 bits per heavy atom. The molecule has 1 rings (SSSR count). The number of hydrogen-bond acceptors (Lipinski definition) is 5. The number of carbonyl (C=O) groups is 1. The van der Waals surface area contributed by atoms with Gasteiger partial charge in [0, 0.05) is 25.7 Å². The van der Waals surface area contributed by atoms with Crippen LogP contribution in [0.5, 0.6) is 0 Å². The van der Waals surface area contributed by atoms with Crippen molar-refractivity contribution < 1.29 is 27.5 Å². The van der Waals surface area contributed by atoms with E-state index in [2.05, 4.69) is 43.8 Å². The molecule has 1 aromatic rings. The molecule has 8 heteroatoms. The lowest BCUT2D eigenvalue weighted by molar-refractivity contribution is -0.113. The molecule has 0 atom stereocenters. The Morgan fingerprint density at radius 1 is 1.13 bits per heavy atom. The summed E-state index contributed by atoms with van der Waals surface area (Å²) in [5.41, 5.74) is 3.03. The quantitative estimate of drug-likeness (QED) is 0.136. The van der Waals surface area contributed by atoms with Gasteiger partial charge in [0.05, 0.1) is 23.8 Å². The summed E-state index contributed by atoms with van der Waals surface area (Å²) < 4.78 is 45.1. The molecule has 218 valence electrons. The van der Waals surface area contributed by atoms with Crippen LogP contribution in [0.15, 0.2) is 85.0 Å². The average Bonchev–Trinajstić information content (AvgIpc) is 3.35. The first kappa shape index (κ1) is 37.7. The largest absolute Gasteiger partial charge is 0.510 e. The number of rotatable bonds is 10. The molecule has 0 bridgehead atoms. The molecular formula is C31H45F3N2O3. The zero-order valence-corrected chi connectivity index (χ0v) is 24.0. The molecular weight excluding hydrogens is 505 g/mol. The summed E-state index contributed by atoms with van der Waals surface area (Å²) in [4.78, 5) is 19.2. The van der Waals surface area contributed by atoms with Gasteiger partial charge in [-0.1, -0.05) is 45.4 Å². The third-order valence-corrected chi connectivity index (χ3v) is 5.23. The van der Waals surface area contributed by atoms with Crippen LogP contribution in [0.2, 0.25) is 0 Å². The second-order valence-corrected chi connectivity index (χ2v) is 8.69. The molecule has 0 unspecified atom stereocenters. The second kappa shape index (κ2) is 18.8. The molecule has 0 aliphatic carbocycles. The maximum atomic E-state index is 13.4. The number of nitrogens with zero attached hydrogens (tertiary/aromatic N) is 2. The standard InChI is InChI=1S/C17H18F3NO3.C13H23N.CH4/c1-5-13(14-6-7-24-9-14)8-15(17(18,19)20)10(2)21-16(11(3)22)12(4)23;1-6-8-12(9-7-2)13(10-14-5)11(3)4;/h5-9,22H,1-4H3;8,10H,6-7,9H2,1-5H3;1H4/b13-5+,15-8+,16-11+,21-10+;12-8+,14-10?;. The van der Waals surface area contributed by atoms with Crippen LogP contribution in [0.25, 0.3) is 5.57 Å². The highest BCUT2D eigenvalue weighted by Gasteiger charge is 2.36. The van der Waals surface area contributed by atoms with E-state index in [1.54, 1.807) is 6.92 Å². The number of Topliss-reactive ketones (excluding diaryl/α,β-unsaturated/α-hetero) is 1. The number of aliphatic hydroxyl groups excluding tert-OH is 1. The first-order valence-electron chi connectivity index (χ1n) is 12.5. The number of aliphatic imine (C=N–C) groups is 2. The van der Waals surface area contributed by atoms with Crippen LogP contribution in [0.1, 0.15) is 87.6 Å². The lowest BCUT2D eigenvalue weighted by atomic mass is 9.97. The van der Waals surface area contributed by atoms with Crippen molar-refractivity contribution in [3.8, 4) is 0 Å². The molecule has 0 saturated carbocycles. The summed E-state index contributed by atoms with van der Waals surface area (Å²) >= 11 is 0. The molecule has 0 saturated heterocycles. The van der Waals surface area contributed by atoms with Crippen molar-refractivity contribution in [2.75, 3.05) is 7.05 Å². The van der Waals surface area contributed by atoms with Gasteiger partial charge in [0.25, 0.3) is 0 Å². The number of ketones is 1. The number of allylic oxidation sites excluding steroid dienone is 10. The Kier molecular flexibility index (Phi) is 18.2. The molecule has 0 aliphatic heterocycles. The molecule has 5 nitrogen and oxygen atoms in total. The van der Waals surface area contributed by atoms with Gasteiger partial charge in [-0.15, -0.1) is 0 Å². The smallest absolute Gasteiger partial charge is 0.418 e. The fourth-order valence-corrected chi connectivity index (χ4v) is 3.48. The zero-order chi connectivity index (χ0) is 29.5. The van der Waals surface area contributed by atoms with Gasteiger partial charge in [-0.25, -0.2) is 4.99 Å². The van der Waals surface area contributed by atoms with Crippen LogP contribution in [0, 0.1) is 0 Å². The van der Waals surface area contributed by atoms with Gasteiger partial charge in [0.1, 0.15) is 11.5 Å². The van der Waals surface area contributed by atoms with Crippen molar-refractivity contribution in [2.24, 2.45) is 9.98 Å². The van der Waals surface area contributed by atoms with Crippen LogP contribution < -0.4 is 0 Å². The number of hydrogen-bond donors (Lipinski definition) is 1. The van der Waals surface area contributed by atoms with Gasteiger partial charge in [0.15, 0.2) is 5.78 Å². The van der Waals surface area contributed by atoms with Gasteiger partial charge in [-0.2, -0.15) is 13.2 Å². The van der Waals surface area contributed by atoms with E-state index < -0.39 is 34.7 Å². The van der Waals surface area contributed by atoms with Gasteiger partial charge in [-0.3, -0.25) is 9.79 Å². The van der Waals surface area contributed by atoms with E-state index in [4.69, 9.17) is 4.42 Å². The van der Waals surface area contributed by atoms with E-state index in [0.29, 0.717) is 11.1 Å². The monoisotopic (exact) mass is 550 g/mol. The summed E-state index contributed by atoms with van der Waals surface area (Å²) in [5, 5.41) is 9.42. The molecule has 0 amide bonds. The predicted octanol–water partition coefficient (Wildman–Crippen LogP) is 9.81. The topological polar surface area (TPSA) is 75.2 Å². The fourth-order valence-electron chi connectivity index (χ4n) is 3.48. The van der Waals surface area contributed by atoms with Crippen molar-refractivity contribution in [2.45, 2.75) is 88.3 Å². The molecule has 0 radical (unpaired) electrons. The number of carbonyl (C=O) groups excluding carboxylic acids is 1. The highest BCUT2D eigenvalue weighted by Crippen LogP contribution is 2.31. The minimum absolute atomic E-state index is 0. The van der Waals surface area contributed by atoms with Crippen molar-refractivity contribution in [3.05, 3.63) is 76.1 Å². The number of aliphatic hydroxyl groups is 1. The predicted molar refractivity (Wildman–Crippen MR) is 158 cm³/mol. The molecule has 1 aromatic heterocycles. The van der Waals surface area contributed by atoms with Gasteiger partial charge < -0.3 is 9.52 Å². The van der Waals surface area contributed by atoms with E-state index in [1.165, 1.54) is 54.7 Å². The van der Waals surface area contributed by atoms with Gasteiger partial charge in [-0.05, 0) is 76.3 Å². The fraction of sp³-hybridized carbons (Fsp3) is 0.452. The van der Waals surface area contributed by atoms with E-state index in [-0.39, 0.29) is 7.43 Å². The maximum absolute atomic E-state index is 13.4. The Morgan fingerprint density at radius 3 is 2.10 bits per heavy atom. The highest BCUT2D eigenvalue weighted by molar-refractivity contribution is 6.05. The highest BCUT2D eigenvalue weighted by atomic mass is 19.4. The SMILES string of the molecule is C.CC/C=C(\CCC)C(C=NC)=C(C)C.C\C=C(/C=C(\C(C)=N\C(C(C)=O)=C(/C)O)C(F)(F)F)c1ccoc1. The summed E-state index contributed by atoms with van der Waals surface area (Å²) in [6.07, 6.45) is 8.16. The van der Waals surface area contributed by atoms with E-state index in [0.717, 1.165) is 32.8 Å². The van der Waals surface area contributed by atoms with E-state index in [1.807, 2.05) is 13.3 Å². The van der Waals surface area contributed by atoms with Crippen LogP contribution in [0.4, 0.5) is 13.2 Å². The Bertz CT molecular complexity index is 1120. The van der Waals surface area contributed by atoms with Crippen molar-refractivity contribution >= 4 is 23.3 Å². The first-order chi connectivity index (χ1) is 17.7. The first-order valence-corrected chi connectivity index (χ1v) is 12.5. The number of furan rings is 1. The van der Waals surface area contributed by atoms with Crippen LogP contribution in [-0.2, 0) is 4.79 Å². The van der Waals surface area contributed by atoms with Crippen LogP contribution in [0.3, 0.4) is 0 Å². The zero-order valence-electron chi connectivity index (χ0n) is 24.0. The Labute approximate surface area is 232 Å². The summed E-state index contributed by atoms with van der Waals surface area (Å²) in [6, 6.07) is 1.53. The molecule has 39 heavy (non-hydrogen) atoms. The minimum Gasteiger partial charge on any atom is -0.510 e. The lowest BCUT2D eigenvalue weighted by Gasteiger charge is -2.13. The second-order valence-electron chi connectivity index (χ2n) is 8.69. The molecule has 0 spiro atoms. The third-order valence-electron chi connectivity index (χ3n) is 5.23. The molecule has 1 N–H and O–H groups in total. The molecule has 0 fully saturated rings. The average molecular weight is 551 g/mol. The summed E-state index contributed by atoms with van der Waals surface area (Å²) in [6.45, 7) is 13.7. The molecule has 1 heterocycles. The molecule has 0 aliphatic rings. The normalized spacial score (nSPS) is 13.8. The Balaban J connectivity index is 0. The number of halogens is 3. The van der Waals surface area contributed by atoms with Gasteiger partial charge in [0.2, 0.25) is 0 Å². The van der Waals surface area contributed by atoms with E-state index >= 15 is 0 Å². The lowest BCUT2D eigenvalue weighted by Crippen LogP contribution is -2.19. The van der Waals surface area contributed by atoms with E-state index in [9.17, 15) is 23.1 Å². The van der Waals surface area contributed by atoms with Gasteiger partial charge >= 0.3 is 6.18 Å². The van der Waals surface area contributed by atoms with Crippen molar-refractivity contribution in [1.82, 2.24) is 0 Å². The van der Waals surface area contributed by atoms with Crippen LogP contribution in [-0.4, -0.2) is 36.0 Å². The summed E-state index contributed by atoms with van der Waals surface area (Å²) in [5.74, 6) is -1.07. The van der Waals surface area contributed by atoms with Crippen LogP contribution >= 0.6 is 0 Å². The van der Waals surface area contributed by atoms with Crippen molar-refractivity contribution in [3.63, 3.8) is 0 Å². The Hall–Kier alpha value is -3.42. The molecule has 0 aromatic carbocycles. The number of alkyl halides is 3. The minimum atomic E-state index is -4.68. The maximum Gasteiger partial charge on any atom is 0.418 e. The third kappa shape index (κ3) is 13.3.